The molecule has 2 nitrogen and oxygen atoms in total. The predicted octanol–water partition coefficient (Wildman–Crippen LogP) is 4.28. The van der Waals surface area contributed by atoms with E-state index >= 15 is 0 Å². The van der Waals surface area contributed by atoms with Gasteiger partial charge in [0.2, 0.25) is 0 Å². The normalized spacial score (nSPS) is 10.3. The Morgan fingerprint density at radius 3 is 2.37 bits per heavy atom. The minimum atomic E-state index is -0.531. The van der Waals surface area contributed by atoms with Gasteiger partial charge in [-0.15, -0.1) is 0 Å². The molecule has 98 valence electrons. The Bertz CT molecular complexity index is 599. The second-order valence-electron chi connectivity index (χ2n) is 3.93. The minimum Gasteiger partial charge on any atom is -0.348 e. The molecule has 0 radical (unpaired) electrons. The summed E-state index contributed by atoms with van der Waals surface area (Å²) < 4.78 is 15.2. The van der Waals surface area contributed by atoms with E-state index < -0.39 is 11.7 Å². The molecule has 19 heavy (non-hydrogen) atoms. The van der Waals surface area contributed by atoms with Crippen LogP contribution in [0.15, 0.2) is 51.4 Å². The Kier molecular flexibility index (Phi) is 4.71. The van der Waals surface area contributed by atoms with Crippen LogP contribution in [0.3, 0.4) is 0 Å². The fourth-order valence-corrected chi connectivity index (χ4v) is 2.18. The van der Waals surface area contributed by atoms with Crippen molar-refractivity contribution in [3.05, 3.63) is 68.4 Å². The number of nitrogens with one attached hydrogen (secondary N) is 1. The molecule has 0 aliphatic heterocycles. The van der Waals surface area contributed by atoms with Crippen LogP contribution in [0.25, 0.3) is 0 Å². The molecule has 0 aliphatic rings. The summed E-state index contributed by atoms with van der Waals surface area (Å²) in [6.45, 7) is 0.359. The number of carbonyl (C=O) groups excluding carboxylic acids is 1. The summed E-state index contributed by atoms with van der Waals surface area (Å²) in [5.74, 6) is -0.960. The second kappa shape index (κ2) is 6.30. The molecular formula is C14H10Br2FNO. The third-order valence-corrected chi connectivity index (χ3v) is 3.56. The largest absolute Gasteiger partial charge is 0.348 e. The van der Waals surface area contributed by atoms with Gasteiger partial charge in [0, 0.05) is 15.5 Å². The molecule has 0 bridgehead atoms. The van der Waals surface area contributed by atoms with Crippen LogP contribution in [0.5, 0.6) is 0 Å². The molecule has 5 heteroatoms. The zero-order valence-electron chi connectivity index (χ0n) is 9.79. The molecule has 0 saturated heterocycles. The van der Waals surface area contributed by atoms with Crippen molar-refractivity contribution in [1.29, 1.82) is 0 Å². The van der Waals surface area contributed by atoms with Gasteiger partial charge in [-0.1, -0.05) is 44.0 Å². The summed E-state index contributed by atoms with van der Waals surface area (Å²) in [5, 5.41) is 2.69. The summed E-state index contributed by atoms with van der Waals surface area (Å²) in [6.07, 6.45) is 0. The third kappa shape index (κ3) is 3.88. The first-order valence-corrected chi connectivity index (χ1v) is 7.12. The molecule has 0 atom stereocenters. The summed E-state index contributed by atoms with van der Waals surface area (Å²) in [7, 11) is 0. The minimum absolute atomic E-state index is 0.0338. The van der Waals surface area contributed by atoms with E-state index in [2.05, 4.69) is 37.2 Å². The van der Waals surface area contributed by atoms with Crippen molar-refractivity contribution in [1.82, 2.24) is 5.32 Å². The first kappa shape index (κ1) is 14.2. The fourth-order valence-electron chi connectivity index (χ4n) is 1.55. The van der Waals surface area contributed by atoms with Crippen LogP contribution >= 0.6 is 31.9 Å². The zero-order valence-corrected chi connectivity index (χ0v) is 13.0. The number of hydrogen-bond acceptors (Lipinski definition) is 1. The molecule has 0 aliphatic carbocycles. The fraction of sp³-hybridized carbons (Fsp3) is 0.0714. The maximum absolute atomic E-state index is 13.5. The average Bonchev–Trinajstić information content (AvgIpc) is 2.40. The van der Waals surface area contributed by atoms with Gasteiger partial charge in [0.05, 0.1) is 5.56 Å². The first-order valence-electron chi connectivity index (χ1n) is 5.54. The monoisotopic (exact) mass is 385 g/mol. The molecule has 0 aromatic heterocycles. The number of halogens is 3. The number of rotatable bonds is 3. The van der Waals surface area contributed by atoms with Crippen LogP contribution in [0, 0.1) is 5.82 Å². The van der Waals surface area contributed by atoms with E-state index in [4.69, 9.17) is 0 Å². The molecule has 0 saturated carbocycles. The van der Waals surface area contributed by atoms with E-state index in [9.17, 15) is 9.18 Å². The highest BCUT2D eigenvalue weighted by Crippen LogP contribution is 2.16. The Morgan fingerprint density at radius 2 is 1.68 bits per heavy atom. The van der Waals surface area contributed by atoms with E-state index in [0.717, 1.165) is 10.0 Å². The maximum Gasteiger partial charge on any atom is 0.254 e. The molecule has 0 heterocycles. The maximum atomic E-state index is 13.5. The molecule has 0 spiro atoms. The molecule has 1 N–H and O–H groups in total. The van der Waals surface area contributed by atoms with Gasteiger partial charge in [0.1, 0.15) is 5.82 Å². The molecular weight excluding hydrogens is 377 g/mol. The van der Waals surface area contributed by atoms with Crippen molar-refractivity contribution in [2.75, 3.05) is 0 Å². The van der Waals surface area contributed by atoms with E-state index in [1.54, 1.807) is 6.07 Å². The average molecular weight is 387 g/mol. The van der Waals surface area contributed by atoms with Gasteiger partial charge in [-0.25, -0.2) is 4.39 Å². The van der Waals surface area contributed by atoms with Crippen LogP contribution in [0.2, 0.25) is 0 Å². The lowest BCUT2D eigenvalue weighted by Crippen LogP contribution is -2.23. The van der Waals surface area contributed by atoms with E-state index in [0.29, 0.717) is 11.0 Å². The van der Waals surface area contributed by atoms with Crippen molar-refractivity contribution < 1.29 is 9.18 Å². The summed E-state index contributed by atoms with van der Waals surface area (Å²) in [6, 6.07) is 11.8. The Balaban J connectivity index is 2.05. The number of carbonyl (C=O) groups is 1. The van der Waals surface area contributed by atoms with Crippen LogP contribution in [-0.4, -0.2) is 5.91 Å². The first-order chi connectivity index (χ1) is 9.06. The Hall–Kier alpha value is -1.20. The lowest BCUT2D eigenvalue weighted by atomic mass is 10.2. The molecule has 0 fully saturated rings. The molecule has 0 unspecified atom stereocenters. The van der Waals surface area contributed by atoms with E-state index in [1.165, 1.54) is 12.1 Å². The van der Waals surface area contributed by atoms with Crippen LogP contribution < -0.4 is 5.32 Å². The predicted molar refractivity (Wildman–Crippen MR) is 79.4 cm³/mol. The van der Waals surface area contributed by atoms with Gasteiger partial charge >= 0.3 is 0 Å². The van der Waals surface area contributed by atoms with E-state index in [-0.39, 0.29) is 5.56 Å². The van der Waals surface area contributed by atoms with Crippen molar-refractivity contribution >= 4 is 37.8 Å². The van der Waals surface area contributed by atoms with Crippen molar-refractivity contribution in [3.63, 3.8) is 0 Å². The molecule has 2 aromatic carbocycles. The molecule has 2 rings (SSSR count). The van der Waals surface area contributed by atoms with Gasteiger partial charge in [0.15, 0.2) is 0 Å². The highest BCUT2D eigenvalue weighted by Gasteiger charge is 2.11. The number of benzene rings is 2. The summed E-state index contributed by atoms with van der Waals surface area (Å²) >= 11 is 6.55. The Morgan fingerprint density at radius 1 is 1.05 bits per heavy atom. The van der Waals surface area contributed by atoms with Crippen LogP contribution in [0.4, 0.5) is 4.39 Å². The van der Waals surface area contributed by atoms with Crippen molar-refractivity contribution in [2.45, 2.75) is 6.54 Å². The lowest BCUT2D eigenvalue weighted by Gasteiger charge is -2.07. The smallest absolute Gasteiger partial charge is 0.254 e. The van der Waals surface area contributed by atoms with Gasteiger partial charge in [-0.2, -0.15) is 0 Å². The van der Waals surface area contributed by atoms with Crippen LogP contribution in [-0.2, 0) is 6.54 Å². The van der Waals surface area contributed by atoms with Gasteiger partial charge in [0.25, 0.3) is 5.91 Å². The SMILES string of the molecule is O=C(NCc1ccc(Br)cc1)c1cc(Br)ccc1F. The van der Waals surface area contributed by atoms with E-state index in [1.807, 2.05) is 24.3 Å². The third-order valence-electron chi connectivity index (χ3n) is 2.54. The van der Waals surface area contributed by atoms with Gasteiger partial charge in [-0.3, -0.25) is 4.79 Å². The molecule has 2 aromatic rings. The summed E-state index contributed by atoms with van der Waals surface area (Å²) in [4.78, 5) is 11.9. The highest BCUT2D eigenvalue weighted by molar-refractivity contribution is 9.10. The number of hydrogen-bond donors (Lipinski definition) is 1. The van der Waals surface area contributed by atoms with Crippen LogP contribution in [0.1, 0.15) is 15.9 Å². The quantitative estimate of drug-likeness (QED) is 0.837. The second-order valence-corrected chi connectivity index (χ2v) is 5.76. The van der Waals surface area contributed by atoms with Crippen molar-refractivity contribution in [2.24, 2.45) is 0 Å². The highest BCUT2D eigenvalue weighted by atomic mass is 79.9. The van der Waals surface area contributed by atoms with Crippen molar-refractivity contribution in [3.8, 4) is 0 Å². The Labute approximate surface area is 127 Å². The summed E-state index contributed by atoms with van der Waals surface area (Å²) in [5.41, 5.74) is 0.985. The van der Waals surface area contributed by atoms with Gasteiger partial charge < -0.3 is 5.32 Å². The lowest BCUT2D eigenvalue weighted by molar-refractivity contribution is 0.0947. The molecule has 1 amide bonds. The van der Waals surface area contributed by atoms with Gasteiger partial charge in [-0.05, 0) is 35.9 Å². The topological polar surface area (TPSA) is 29.1 Å². The standard InChI is InChI=1S/C14H10Br2FNO/c15-10-3-1-9(2-4-10)8-18-14(19)12-7-11(16)5-6-13(12)17/h1-7H,8H2,(H,18,19). The zero-order chi connectivity index (χ0) is 13.8. The number of amides is 1.